The van der Waals surface area contributed by atoms with E-state index in [-0.39, 0.29) is 35.2 Å². The lowest BCUT2D eigenvalue weighted by atomic mass is 9.84. The Morgan fingerprint density at radius 3 is 2.69 bits per heavy atom. The first-order chi connectivity index (χ1) is 11.8. The second kappa shape index (κ2) is 10.7. The number of likely N-dealkylation sites (tertiary alicyclic amines) is 1. The maximum absolute atomic E-state index is 13.3. The van der Waals surface area contributed by atoms with Gasteiger partial charge < -0.3 is 15.5 Å². The van der Waals surface area contributed by atoms with Crippen molar-refractivity contribution in [3.63, 3.8) is 0 Å². The minimum absolute atomic E-state index is 0. The van der Waals surface area contributed by atoms with Gasteiger partial charge in [0, 0.05) is 30.1 Å². The van der Waals surface area contributed by atoms with E-state index in [1.54, 1.807) is 6.07 Å². The van der Waals surface area contributed by atoms with Crippen LogP contribution in [0.2, 0.25) is 5.02 Å². The minimum Gasteiger partial charge on any atom is -0.357 e. The molecule has 148 valence electrons. The van der Waals surface area contributed by atoms with Gasteiger partial charge in [-0.05, 0) is 50.6 Å². The Bertz CT molecular complexity index is 609. The van der Waals surface area contributed by atoms with E-state index in [2.05, 4.69) is 43.4 Å². The standard InChI is InChI=1S/C19H30ClFN4.HI/c1-5-22-18(23-11-14-8-9-25(4)12-14)24-13-19(2,3)16-7-6-15(21)10-17(16)20;/h6-7,10,14H,5,8-9,11-13H2,1-4H3,(H2,22,23,24);1H. The molecule has 0 aromatic heterocycles. The van der Waals surface area contributed by atoms with E-state index in [1.165, 1.54) is 18.6 Å². The number of nitrogens with zero attached hydrogens (tertiary/aromatic N) is 2. The van der Waals surface area contributed by atoms with Crippen molar-refractivity contribution in [2.45, 2.75) is 32.6 Å². The van der Waals surface area contributed by atoms with E-state index in [0.717, 1.165) is 37.7 Å². The molecule has 1 aliphatic rings. The van der Waals surface area contributed by atoms with Crippen molar-refractivity contribution in [3.8, 4) is 0 Å². The normalized spacial score (nSPS) is 18.5. The summed E-state index contributed by atoms with van der Waals surface area (Å²) in [4.78, 5) is 7.09. The van der Waals surface area contributed by atoms with Crippen molar-refractivity contribution in [1.29, 1.82) is 0 Å². The molecule has 1 heterocycles. The highest BCUT2D eigenvalue weighted by atomic mass is 127. The number of hydrogen-bond acceptors (Lipinski definition) is 2. The van der Waals surface area contributed by atoms with Crippen LogP contribution in [0.15, 0.2) is 23.2 Å². The molecule has 0 spiro atoms. The molecule has 1 atom stereocenters. The van der Waals surface area contributed by atoms with Crippen LogP contribution in [0.4, 0.5) is 4.39 Å². The fourth-order valence-electron chi connectivity index (χ4n) is 3.18. The van der Waals surface area contributed by atoms with Crippen LogP contribution in [0.25, 0.3) is 0 Å². The van der Waals surface area contributed by atoms with Gasteiger partial charge in [0.25, 0.3) is 0 Å². The molecule has 4 nitrogen and oxygen atoms in total. The zero-order valence-electron chi connectivity index (χ0n) is 16.1. The summed E-state index contributed by atoms with van der Waals surface area (Å²) in [6.07, 6.45) is 1.22. The third-order valence-electron chi connectivity index (χ3n) is 4.68. The Morgan fingerprint density at radius 1 is 1.38 bits per heavy atom. The third-order valence-corrected chi connectivity index (χ3v) is 5.00. The lowest BCUT2D eigenvalue weighted by Crippen LogP contribution is -2.41. The van der Waals surface area contributed by atoms with Gasteiger partial charge in [-0.2, -0.15) is 0 Å². The summed E-state index contributed by atoms with van der Waals surface area (Å²) < 4.78 is 13.3. The quantitative estimate of drug-likeness (QED) is 0.357. The number of guanidine groups is 1. The second-order valence-electron chi connectivity index (χ2n) is 7.50. The fraction of sp³-hybridized carbons (Fsp3) is 0.632. The Kier molecular flexibility index (Phi) is 9.61. The molecule has 1 unspecified atom stereocenters. The topological polar surface area (TPSA) is 39.7 Å². The first kappa shape index (κ1) is 23.4. The highest BCUT2D eigenvalue weighted by Crippen LogP contribution is 2.30. The largest absolute Gasteiger partial charge is 0.357 e. The van der Waals surface area contributed by atoms with Crippen molar-refractivity contribution in [2.75, 3.05) is 39.8 Å². The van der Waals surface area contributed by atoms with Gasteiger partial charge in [0.1, 0.15) is 5.82 Å². The van der Waals surface area contributed by atoms with Crippen molar-refractivity contribution in [3.05, 3.63) is 34.6 Å². The second-order valence-corrected chi connectivity index (χ2v) is 7.91. The lowest BCUT2D eigenvalue weighted by Gasteiger charge is -2.25. The monoisotopic (exact) mass is 496 g/mol. The first-order valence-electron chi connectivity index (χ1n) is 8.98. The summed E-state index contributed by atoms with van der Waals surface area (Å²) in [6, 6.07) is 4.57. The Labute approximate surface area is 179 Å². The fourth-order valence-corrected chi connectivity index (χ4v) is 3.60. The average Bonchev–Trinajstić information content (AvgIpc) is 2.95. The SMILES string of the molecule is CCNC(=NCC(C)(C)c1ccc(F)cc1Cl)NCC1CCN(C)C1.I. The van der Waals surface area contributed by atoms with Crippen LogP contribution in [0.1, 0.15) is 32.8 Å². The Morgan fingerprint density at radius 2 is 2.12 bits per heavy atom. The first-order valence-corrected chi connectivity index (χ1v) is 9.36. The van der Waals surface area contributed by atoms with Crippen LogP contribution >= 0.6 is 35.6 Å². The van der Waals surface area contributed by atoms with Crippen molar-refractivity contribution >= 4 is 41.5 Å². The maximum atomic E-state index is 13.3. The number of benzene rings is 1. The molecule has 0 aliphatic carbocycles. The highest BCUT2D eigenvalue weighted by molar-refractivity contribution is 14.0. The molecule has 1 fully saturated rings. The van der Waals surface area contributed by atoms with Gasteiger partial charge in [-0.25, -0.2) is 4.39 Å². The molecule has 0 radical (unpaired) electrons. The van der Waals surface area contributed by atoms with Crippen LogP contribution in [0.3, 0.4) is 0 Å². The van der Waals surface area contributed by atoms with Gasteiger partial charge in [-0.1, -0.05) is 31.5 Å². The summed E-state index contributed by atoms with van der Waals surface area (Å²) >= 11 is 6.23. The van der Waals surface area contributed by atoms with Gasteiger partial charge in [0.05, 0.1) is 6.54 Å². The van der Waals surface area contributed by atoms with E-state index >= 15 is 0 Å². The van der Waals surface area contributed by atoms with E-state index in [9.17, 15) is 4.39 Å². The van der Waals surface area contributed by atoms with Crippen LogP contribution in [-0.4, -0.2) is 50.6 Å². The van der Waals surface area contributed by atoms with Crippen LogP contribution in [-0.2, 0) is 5.41 Å². The minimum atomic E-state index is -0.315. The number of halogens is 3. The molecule has 1 aliphatic heterocycles. The predicted octanol–water partition coefficient (Wildman–Crippen LogP) is 3.88. The predicted molar refractivity (Wildman–Crippen MR) is 119 cm³/mol. The van der Waals surface area contributed by atoms with Gasteiger partial charge in [0.15, 0.2) is 5.96 Å². The smallest absolute Gasteiger partial charge is 0.191 e. The van der Waals surface area contributed by atoms with E-state index in [1.807, 2.05) is 0 Å². The van der Waals surface area contributed by atoms with Crippen LogP contribution < -0.4 is 10.6 Å². The molecule has 7 heteroatoms. The zero-order valence-corrected chi connectivity index (χ0v) is 19.2. The van der Waals surface area contributed by atoms with Gasteiger partial charge >= 0.3 is 0 Å². The summed E-state index contributed by atoms with van der Waals surface area (Å²) in [6.45, 7) is 10.8. The Balaban J connectivity index is 0.00000338. The zero-order chi connectivity index (χ0) is 18.4. The number of aliphatic imine (C=N–C) groups is 1. The van der Waals surface area contributed by atoms with Crippen molar-refractivity contribution < 1.29 is 4.39 Å². The van der Waals surface area contributed by atoms with E-state index < -0.39 is 0 Å². The molecule has 1 aromatic rings. The molecule has 0 bridgehead atoms. The van der Waals surface area contributed by atoms with E-state index in [4.69, 9.17) is 16.6 Å². The average molecular weight is 497 g/mol. The molecule has 26 heavy (non-hydrogen) atoms. The number of hydrogen-bond donors (Lipinski definition) is 2. The van der Waals surface area contributed by atoms with Crippen molar-refractivity contribution in [2.24, 2.45) is 10.9 Å². The van der Waals surface area contributed by atoms with Crippen molar-refractivity contribution in [1.82, 2.24) is 15.5 Å². The summed E-state index contributed by atoms with van der Waals surface area (Å²) in [7, 11) is 2.16. The number of nitrogens with one attached hydrogen (secondary N) is 2. The summed E-state index contributed by atoms with van der Waals surface area (Å²) in [5, 5.41) is 7.20. The molecular weight excluding hydrogens is 466 g/mol. The molecule has 1 saturated heterocycles. The summed E-state index contributed by atoms with van der Waals surface area (Å²) in [5.74, 6) is 1.17. The van der Waals surface area contributed by atoms with Crippen LogP contribution in [0, 0.1) is 11.7 Å². The van der Waals surface area contributed by atoms with Gasteiger partial charge in [-0.3, -0.25) is 4.99 Å². The van der Waals surface area contributed by atoms with Gasteiger partial charge in [0.2, 0.25) is 0 Å². The number of rotatable bonds is 6. The molecule has 0 saturated carbocycles. The Hall–Kier alpha value is -0.600. The lowest BCUT2D eigenvalue weighted by molar-refractivity contribution is 0.393. The molecule has 2 N–H and O–H groups in total. The molecule has 0 amide bonds. The summed E-state index contributed by atoms with van der Waals surface area (Å²) in [5.41, 5.74) is 0.633. The van der Waals surface area contributed by atoms with Gasteiger partial charge in [-0.15, -0.1) is 24.0 Å². The van der Waals surface area contributed by atoms with E-state index in [0.29, 0.717) is 17.5 Å². The molecular formula is C19H31ClFIN4. The van der Waals surface area contributed by atoms with Crippen LogP contribution in [0.5, 0.6) is 0 Å². The third kappa shape index (κ3) is 6.85. The molecule has 2 rings (SSSR count). The molecule has 1 aromatic carbocycles. The maximum Gasteiger partial charge on any atom is 0.191 e. The highest BCUT2D eigenvalue weighted by Gasteiger charge is 2.24.